The number of carbonyl (C=O) groups excluding carboxylic acids is 1. The Morgan fingerprint density at radius 3 is 2.43 bits per heavy atom. The summed E-state index contributed by atoms with van der Waals surface area (Å²) in [5.41, 5.74) is 0.218. The minimum atomic E-state index is -0.354. The topological polar surface area (TPSA) is 29.1 Å². The number of hydrogen-bond acceptors (Lipinski definition) is 3. The Morgan fingerprint density at radius 2 is 1.86 bits per heavy atom. The monoisotopic (exact) mass is 341 g/mol. The molecule has 2 nitrogen and oxygen atoms in total. The van der Waals surface area contributed by atoms with Crippen LogP contribution in [0, 0.1) is 5.41 Å². The first-order chi connectivity index (χ1) is 9.89. The van der Waals surface area contributed by atoms with Crippen molar-refractivity contribution in [2.75, 3.05) is 37.2 Å². The largest absolute Gasteiger partial charge is 0.356 e. The predicted molar refractivity (Wildman–Crippen MR) is 91.8 cm³/mol. The van der Waals surface area contributed by atoms with Crippen LogP contribution in [0.1, 0.15) is 40.0 Å². The van der Waals surface area contributed by atoms with Gasteiger partial charge in [0.2, 0.25) is 5.91 Å². The summed E-state index contributed by atoms with van der Waals surface area (Å²) in [6.45, 7) is 6.44. The van der Waals surface area contributed by atoms with E-state index >= 15 is 0 Å². The summed E-state index contributed by atoms with van der Waals surface area (Å²) in [6, 6.07) is 0. The van der Waals surface area contributed by atoms with Gasteiger partial charge in [0.25, 0.3) is 0 Å². The lowest BCUT2D eigenvalue weighted by Gasteiger charge is -2.18. The zero-order chi connectivity index (χ0) is 16.1. The van der Waals surface area contributed by atoms with Gasteiger partial charge in [-0.1, -0.05) is 20.8 Å². The molecular formula is C15H29F2NOS2. The van der Waals surface area contributed by atoms with E-state index in [0.717, 1.165) is 18.6 Å². The second-order valence-electron chi connectivity index (χ2n) is 6.14. The predicted octanol–water partition coefficient (Wildman–Crippen LogP) is 4.09. The number of nitrogens with one attached hydrogen (secondary N) is 1. The lowest BCUT2D eigenvalue weighted by molar-refractivity contribution is -0.121. The van der Waals surface area contributed by atoms with Gasteiger partial charge in [0.05, 0.1) is 13.3 Å². The van der Waals surface area contributed by atoms with Crippen molar-refractivity contribution in [1.82, 2.24) is 5.32 Å². The minimum absolute atomic E-state index is 0.0561. The van der Waals surface area contributed by atoms with E-state index in [1.54, 1.807) is 11.8 Å². The van der Waals surface area contributed by atoms with Crippen LogP contribution in [0.25, 0.3) is 0 Å². The number of alkyl halides is 2. The highest BCUT2D eigenvalue weighted by molar-refractivity contribution is 8.03. The van der Waals surface area contributed by atoms with E-state index in [-0.39, 0.29) is 29.9 Å². The molecule has 6 heteroatoms. The summed E-state index contributed by atoms with van der Waals surface area (Å²) in [5, 5.41) is 3.16. The molecule has 0 radical (unpaired) electrons. The van der Waals surface area contributed by atoms with Gasteiger partial charge in [-0.3, -0.25) is 13.6 Å². The number of rotatable bonds is 12. The van der Waals surface area contributed by atoms with Gasteiger partial charge >= 0.3 is 0 Å². The van der Waals surface area contributed by atoms with Gasteiger partial charge in [0.1, 0.15) is 0 Å². The Hall–Kier alpha value is 0.0300. The second-order valence-corrected chi connectivity index (χ2v) is 8.70. The van der Waals surface area contributed by atoms with Crippen molar-refractivity contribution >= 4 is 29.4 Å². The Labute approximate surface area is 136 Å². The van der Waals surface area contributed by atoms with Crippen LogP contribution >= 0.6 is 23.5 Å². The third-order valence-electron chi connectivity index (χ3n) is 2.85. The van der Waals surface area contributed by atoms with Gasteiger partial charge < -0.3 is 5.32 Å². The van der Waals surface area contributed by atoms with Crippen LogP contribution < -0.4 is 5.32 Å². The molecule has 0 heterocycles. The lowest BCUT2D eigenvalue weighted by Crippen LogP contribution is -2.28. The SMILES string of the molecule is CC(C)(C)CCNC(=O)CCC(CSCCF)SCCF. The van der Waals surface area contributed by atoms with Crippen LogP contribution in [-0.2, 0) is 4.79 Å². The van der Waals surface area contributed by atoms with E-state index in [0.29, 0.717) is 24.5 Å². The zero-order valence-electron chi connectivity index (χ0n) is 13.4. The van der Waals surface area contributed by atoms with Gasteiger partial charge in [-0.2, -0.15) is 23.5 Å². The number of thioether (sulfide) groups is 2. The van der Waals surface area contributed by atoms with Crippen molar-refractivity contribution in [3.63, 3.8) is 0 Å². The van der Waals surface area contributed by atoms with E-state index in [2.05, 4.69) is 26.1 Å². The van der Waals surface area contributed by atoms with Gasteiger partial charge in [0.15, 0.2) is 0 Å². The fourth-order valence-electron chi connectivity index (χ4n) is 1.65. The number of amides is 1. The van der Waals surface area contributed by atoms with Crippen molar-refractivity contribution in [2.24, 2.45) is 5.41 Å². The molecule has 1 amide bonds. The Balaban J connectivity index is 3.89. The smallest absolute Gasteiger partial charge is 0.220 e. The lowest BCUT2D eigenvalue weighted by atomic mass is 9.92. The second kappa shape index (κ2) is 12.6. The van der Waals surface area contributed by atoms with Gasteiger partial charge in [-0.25, -0.2) is 0 Å². The molecule has 0 rings (SSSR count). The standard InChI is InChI=1S/C15H29F2NOS2/c1-15(2,3)6-9-18-14(19)5-4-13(21-11-8-17)12-20-10-7-16/h13H,4-12H2,1-3H3,(H,18,19). The molecule has 0 aromatic carbocycles. The third kappa shape index (κ3) is 14.7. The molecule has 21 heavy (non-hydrogen) atoms. The Morgan fingerprint density at radius 1 is 1.19 bits per heavy atom. The van der Waals surface area contributed by atoms with Crippen molar-refractivity contribution in [2.45, 2.75) is 45.3 Å². The molecule has 1 N–H and O–H groups in total. The number of hydrogen-bond donors (Lipinski definition) is 1. The molecular weight excluding hydrogens is 312 g/mol. The summed E-state index contributed by atoms with van der Waals surface area (Å²) in [6.07, 6.45) is 2.14. The molecule has 0 aliphatic carbocycles. The maximum atomic E-state index is 12.3. The molecule has 0 aliphatic heterocycles. The van der Waals surface area contributed by atoms with Crippen LogP contribution in [0.15, 0.2) is 0 Å². The molecule has 0 fully saturated rings. The number of halogens is 2. The maximum absolute atomic E-state index is 12.3. The quantitative estimate of drug-likeness (QED) is 0.542. The van der Waals surface area contributed by atoms with Crippen molar-refractivity contribution < 1.29 is 13.6 Å². The Kier molecular flexibility index (Phi) is 12.6. The summed E-state index contributed by atoms with van der Waals surface area (Å²) in [7, 11) is 0. The average molecular weight is 342 g/mol. The zero-order valence-corrected chi connectivity index (χ0v) is 15.1. The molecule has 1 atom stereocenters. The van der Waals surface area contributed by atoms with E-state index in [1.165, 1.54) is 11.8 Å². The van der Waals surface area contributed by atoms with Crippen LogP contribution in [0.5, 0.6) is 0 Å². The fourth-order valence-corrected chi connectivity index (χ4v) is 3.74. The van der Waals surface area contributed by atoms with E-state index in [4.69, 9.17) is 0 Å². The van der Waals surface area contributed by atoms with Crippen molar-refractivity contribution in [3.8, 4) is 0 Å². The molecule has 0 aromatic rings. The molecule has 0 saturated heterocycles. The summed E-state index contributed by atoms with van der Waals surface area (Å²) in [4.78, 5) is 11.8. The molecule has 0 spiro atoms. The third-order valence-corrected chi connectivity index (χ3v) is 5.40. The molecule has 0 saturated carbocycles. The van der Waals surface area contributed by atoms with E-state index < -0.39 is 0 Å². The first-order valence-corrected chi connectivity index (χ1v) is 9.67. The highest BCUT2D eigenvalue weighted by Gasteiger charge is 2.13. The average Bonchev–Trinajstić information content (AvgIpc) is 2.40. The molecule has 1 unspecified atom stereocenters. The fraction of sp³-hybridized carbons (Fsp3) is 0.933. The normalized spacial score (nSPS) is 13.2. The van der Waals surface area contributed by atoms with E-state index in [9.17, 15) is 13.6 Å². The maximum Gasteiger partial charge on any atom is 0.220 e. The van der Waals surface area contributed by atoms with Gasteiger partial charge in [-0.05, 0) is 18.3 Å². The molecule has 126 valence electrons. The highest BCUT2D eigenvalue weighted by atomic mass is 32.2. The first kappa shape index (κ1) is 21.0. The van der Waals surface area contributed by atoms with Crippen LogP contribution in [-0.4, -0.2) is 48.3 Å². The first-order valence-electron chi connectivity index (χ1n) is 7.47. The highest BCUT2D eigenvalue weighted by Crippen LogP contribution is 2.21. The molecule has 0 aliphatic rings. The number of carbonyl (C=O) groups is 1. The Bertz CT molecular complexity index is 273. The molecule has 0 bridgehead atoms. The van der Waals surface area contributed by atoms with Gasteiger partial charge in [-0.15, -0.1) is 0 Å². The summed E-state index contributed by atoms with van der Waals surface area (Å²) >= 11 is 3.08. The van der Waals surface area contributed by atoms with Crippen LogP contribution in [0.3, 0.4) is 0 Å². The summed E-state index contributed by atoms with van der Waals surface area (Å²) in [5.74, 6) is 1.77. The van der Waals surface area contributed by atoms with Crippen LogP contribution in [0.4, 0.5) is 8.78 Å². The summed E-state index contributed by atoms with van der Waals surface area (Å²) < 4.78 is 24.3. The van der Waals surface area contributed by atoms with Crippen LogP contribution in [0.2, 0.25) is 0 Å². The van der Waals surface area contributed by atoms with Crippen molar-refractivity contribution in [3.05, 3.63) is 0 Å². The minimum Gasteiger partial charge on any atom is -0.356 e. The van der Waals surface area contributed by atoms with Crippen molar-refractivity contribution in [1.29, 1.82) is 0 Å². The molecule has 0 aromatic heterocycles. The van der Waals surface area contributed by atoms with Gasteiger partial charge in [0, 0.05) is 35.5 Å². The van der Waals surface area contributed by atoms with E-state index in [1.807, 2.05) is 0 Å².